The molecule has 0 aliphatic heterocycles. The maximum absolute atomic E-state index is 5.05. The van der Waals surface area contributed by atoms with E-state index >= 15 is 0 Å². The first-order chi connectivity index (χ1) is 3.91. The van der Waals surface area contributed by atoms with Gasteiger partial charge in [-0.25, -0.2) is 0 Å². The SMILES string of the molecule is C=CCOC[CH]CC. The predicted octanol–water partition coefficient (Wildman–Crippen LogP) is 1.80. The molecule has 0 amide bonds. The molecule has 0 aromatic rings. The minimum absolute atomic E-state index is 0.663. The number of ether oxygens (including phenoxy) is 1. The molecular formula is C7H13O. The highest BCUT2D eigenvalue weighted by Gasteiger charge is 1.80. The van der Waals surface area contributed by atoms with Gasteiger partial charge in [0.05, 0.1) is 13.2 Å². The third-order valence-corrected chi connectivity index (χ3v) is 0.760. The molecule has 0 aliphatic rings. The van der Waals surface area contributed by atoms with Crippen LogP contribution in [0.4, 0.5) is 0 Å². The van der Waals surface area contributed by atoms with Crippen molar-refractivity contribution in [2.45, 2.75) is 13.3 Å². The monoisotopic (exact) mass is 113 g/mol. The topological polar surface area (TPSA) is 9.23 Å². The second-order valence-corrected chi connectivity index (χ2v) is 1.52. The molecule has 0 aliphatic carbocycles. The third-order valence-electron chi connectivity index (χ3n) is 0.760. The van der Waals surface area contributed by atoms with Crippen molar-refractivity contribution in [3.8, 4) is 0 Å². The predicted molar refractivity (Wildman–Crippen MR) is 35.6 cm³/mol. The first kappa shape index (κ1) is 7.70. The Hall–Kier alpha value is -0.300. The molecule has 0 spiro atoms. The molecule has 0 fully saturated rings. The van der Waals surface area contributed by atoms with Crippen LogP contribution >= 0.6 is 0 Å². The fourth-order valence-corrected chi connectivity index (χ4v) is 0.353. The smallest absolute Gasteiger partial charge is 0.0644 e. The van der Waals surface area contributed by atoms with E-state index in [0.717, 1.165) is 13.0 Å². The normalized spacial score (nSPS) is 9.12. The van der Waals surface area contributed by atoms with Crippen LogP contribution in [0.1, 0.15) is 13.3 Å². The van der Waals surface area contributed by atoms with E-state index < -0.39 is 0 Å². The number of unbranched alkanes of at least 4 members (excludes halogenated alkanes) is 1. The fourth-order valence-electron chi connectivity index (χ4n) is 0.353. The summed E-state index contributed by atoms with van der Waals surface area (Å²) in [4.78, 5) is 0. The fraction of sp³-hybridized carbons (Fsp3) is 0.571. The molecule has 0 unspecified atom stereocenters. The van der Waals surface area contributed by atoms with Crippen LogP contribution in [-0.4, -0.2) is 13.2 Å². The summed E-state index contributed by atoms with van der Waals surface area (Å²) >= 11 is 0. The zero-order valence-electron chi connectivity index (χ0n) is 5.39. The molecule has 0 rings (SSSR count). The van der Waals surface area contributed by atoms with Gasteiger partial charge in [-0.15, -0.1) is 6.58 Å². The molecule has 0 heterocycles. The second kappa shape index (κ2) is 6.70. The zero-order chi connectivity index (χ0) is 6.24. The molecule has 8 heavy (non-hydrogen) atoms. The number of hydrogen-bond donors (Lipinski definition) is 0. The first-order valence-electron chi connectivity index (χ1n) is 2.92. The van der Waals surface area contributed by atoms with Crippen molar-refractivity contribution in [2.24, 2.45) is 0 Å². The lowest BCUT2D eigenvalue weighted by Crippen LogP contribution is -1.92. The van der Waals surface area contributed by atoms with Gasteiger partial charge < -0.3 is 4.74 Å². The highest BCUT2D eigenvalue weighted by atomic mass is 16.5. The van der Waals surface area contributed by atoms with E-state index in [2.05, 4.69) is 19.9 Å². The van der Waals surface area contributed by atoms with Gasteiger partial charge in [0, 0.05) is 0 Å². The van der Waals surface area contributed by atoms with Gasteiger partial charge >= 0.3 is 0 Å². The van der Waals surface area contributed by atoms with Crippen LogP contribution in [-0.2, 0) is 4.74 Å². The van der Waals surface area contributed by atoms with E-state index in [1.807, 2.05) is 0 Å². The number of hydrogen-bond acceptors (Lipinski definition) is 1. The Morgan fingerprint density at radius 2 is 2.25 bits per heavy atom. The van der Waals surface area contributed by atoms with Crippen LogP contribution in [0.5, 0.6) is 0 Å². The van der Waals surface area contributed by atoms with Crippen molar-refractivity contribution in [3.05, 3.63) is 19.1 Å². The first-order valence-corrected chi connectivity index (χ1v) is 2.92. The van der Waals surface area contributed by atoms with Crippen LogP contribution < -0.4 is 0 Å². The van der Waals surface area contributed by atoms with E-state index in [9.17, 15) is 0 Å². The number of rotatable bonds is 5. The van der Waals surface area contributed by atoms with Gasteiger partial charge in [-0.1, -0.05) is 19.4 Å². The van der Waals surface area contributed by atoms with Gasteiger partial charge in [-0.3, -0.25) is 0 Å². The van der Waals surface area contributed by atoms with Gasteiger partial charge in [0.2, 0.25) is 0 Å². The molecule has 0 N–H and O–H groups in total. The van der Waals surface area contributed by atoms with E-state index in [4.69, 9.17) is 4.74 Å². The van der Waals surface area contributed by atoms with Crippen LogP contribution in [0.15, 0.2) is 12.7 Å². The van der Waals surface area contributed by atoms with Gasteiger partial charge in [0.1, 0.15) is 0 Å². The summed E-state index contributed by atoms with van der Waals surface area (Å²) in [5.74, 6) is 0. The lowest BCUT2D eigenvalue weighted by molar-refractivity contribution is 0.183. The maximum atomic E-state index is 5.05. The highest BCUT2D eigenvalue weighted by Crippen LogP contribution is 1.84. The summed E-state index contributed by atoms with van der Waals surface area (Å²) < 4.78 is 5.05. The molecule has 0 atom stereocenters. The Bertz CT molecular complexity index is 50.3. The average Bonchev–Trinajstić information content (AvgIpc) is 1.81. The molecule has 0 bridgehead atoms. The standard InChI is InChI=1S/C7H13O/c1-3-5-7-8-6-4-2/h4-5H,2-3,6-7H2,1H3. The Morgan fingerprint density at radius 3 is 2.75 bits per heavy atom. The molecule has 1 nitrogen and oxygen atoms in total. The second-order valence-electron chi connectivity index (χ2n) is 1.52. The van der Waals surface area contributed by atoms with Crippen LogP contribution in [0.2, 0.25) is 0 Å². The van der Waals surface area contributed by atoms with E-state index in [1.54, 1.807) is 6.08 Å². The molecule has 0 aromatic carbocycles. The summed E-state index contributed by atoms with van der Waals surface area (Å²) in [6.45, 7) is 7.03. The highest BCUT2D eigenvalue weighted by molar-refractivity contribution is 4.66. The van der Waals surface area contributed by atoms with Gasteiger partial charge in [0.25, 0.3) is 0 Å². The van der Waals surface area contributed by atoms with E-state index in [1.165, 1.54) is 0 Å². The molecular weight excluding hydrogens is 100 g/mol. The summed E-state index contributed by atoms with van der Waals surface area (Å²) in [5, 5.41) is 0. The van der Waals surface area contributed by atoms with Crippen molar-refractivity contribution in [3.63, 3.8) is 0 Å². The Morgan fingerprint density at radius 1 is 1.50 bits per heavy atom. The van der Waals surface area contributed by atoms with Crippen molar-refractivity contribution in [2.75, 3.05) is 13.2 Å². The van der Waals surface area contributed by atoms with Gasteiger partial charge in [0.15, 0.2) is 0 Å². The lowest BCUT2D eigenvalue weighted by atomic mass is 10.4. The Labute approximate surface area is 51.4 Å². The summed E-state index contributed by atoms with van der Waals surface area (Å²) in [6, 6.07) is 0. The molecule has 0 saturated heterocycles. The summed E-state index contributed by atoms with van der Waals surface area (Å²) in [7, 11) is 0. The van der Waals surface area contributed by atoms with Crippen LogP contribution in [0.3, 0.4) is 0 Å². The van der Waals surface area contributed by atoms with E-state index in [-0.39, 0.29) is 0 Å². The lowest BCUT2D eigenvalue weighted by Gasteiger charge is -1.95. The van der Waals surface area contributed by atoms with Gasteiger partial charge in [-0.05, 0) is 6.42 Å². The summed E-state index contributed by atoms with van der Waals surface area (Å²) in [6.07, 6.45) is 4.92. The van der Waals surface area contributed by atoms with Crippen LogP contribution in [0.25, 0.3) is 0 Å². The van der Waals surface area contributed by atoms with Crippen LogP contribution in [0, 0.1) is 6.42 Å². The minimum atomic E-state index is 0.663. The van der Waals surface area contributed by atoms with Crippen molar-refractivity contribution < 1.29 is 4.74 Å². The van der Waals surface area contributed by atoms with Gasteiger partial charge in [-0.2, -0.15) is 0 Å². The zero-order valence-corrected chi connectivity index (χ0v) is 5.39. The van der Waals surface area contributed by atoms with Crippen molar-refractivity contribution >= 4 is 0 Å². The summed E-state index contributed by atoms with van der Waals surface area (Å²) in [5.41, 5.74) is 0. The molecule has 47 valence electrons. The third kappa shape index (κ3) is 5.70. The molecule has 0 aromatic heterocycles. The minimum Gasteiger partial charge on any atom is -0.377 e. The largest absolute Gasteiger partial charge is 0.377 e. The Kier molecular flexibility index (Phi) is 6.45. The van der Waals surface area contributed by atoms with E-state index in [0.29, 0.717) is 6.61 Å². The van der Waals surface area contributed by atoms with Crippen molar-refractivity contribution in [1.29, 1.82) is 0 Å². The quantitative estimate of drug-likeness (QED) is 0.390. The Balaban J connectivity index is 2.62. The molecule has 1 heteroatoms. The molecule has 1 radical (unpaired) electrons. The average molecular weight is 113 g/mol. The van der Waals surface area contributed by atoms with Crippen molar-refractivity contribution in [1.82, 2.24) is 0 Å². The molecule has 0 saturated carbocycles. The maximum Gasteiger partial charge on any atom is 0.0644 e.